The van der Waals surface area contributed by atoms with Crippen molar-refractivity contribution in [3.05, 3.63) is 46.5 Å². The topological polar surface area (TPSA) is 66.0 Å². The highest BCUT2D eigenvalue weighted by atomic mass is 16.3. The molecule has 1 aromatic heterocycles. The third-order valence-electron chi connectivity index (χ3n) is 2.50. The quantitative estimate of drug-likeness (QED) is 0.848. The van der Waals surface area contributed by atoms with Crippen molar-refractivity contribution in [3.8, 4) is 17.0 Å². The van der Waals surface area contributed by atoms with Gasteiger partial charge in [-0.1, -0.05) is 37.3 Å². The molecule has 1 aromatic carbocycles. The van der Waals surface area contributed by atoms with Crippen LogP contribution >= 0.6 is 0 Å². The highest BCUT2D eigenvalue weighted by Gasteiger charge is 2.11. The van der Waals surface area contributed by atoms with Crippen LogP contribution in [0.4, 0.5) is 0 Å². The van der Waals surface area contributed by atoms with E-state index in [4.69, 9.17) is 0 Å². The Morgan fingerprint density at radius 1 is 1.29 bits per heavy atom. The summed E-state index contributed by atoms with van der Waals surface area (Å²) in [6, 6.07) is 9.02. The van der Waals surface area contributed by atoms with Gasteiger partial charge in [-0.3, -0.25) is 4.79 Å². The summed E-state index contributed by atoms with van der Waals surface area (Å²) in [7, 11) is 0. The van der Waals surface area contributed by atoms with E-state index in [-0.39, 0.29) is 17.0 Å². The predicted molar refractivity (Wildman–Crippen MR) is 66.0 cm³/mol. The first-order valence-corrected chi connectivity index (χ1v) is 5.60. The van der Waals surface area contributed by atoms with E-state index in [1.165, 1.54) is 0 Å². The number of H-pyrrole nitrogens is 1. The molecule has 0 spiro atoms. The van der Waals surface area contributed by atoms with Gasteiger partial charge in [0.05, 0.1) is 0 Å². The van der Waals surface area contributed by atoms with Gasteiger partial charge in [0.25, 0.3) is 5.56 Å². The largest absolute Gasteiger partial charge is 0.493 e. The zero-order valence-corrected chi connectivity index (χ0v) is 9.60. The minimum Gasteiger partial charge on any atom is -0.493 e. The van der Waals surface area contributed by atoms with Crippen molar-refractivity contribution in [3.63, 3.8) is 0 Å². The molecule has 1 heterocycles. The number of aromatic amines is 1. The van der Waals surface area contributed by atoms with E-state index in [0.717, 1.165) is 6.42 Å². The van der Waals surface area contributed by atoms with Crippen molar-refractivity contribution in [2.45, 2.75) is 19.8 Å². The summed E-state index contributed by atoms with van der Waals surface area (Å²) in [5.41, 5.74) is 0.597. The lowest BCUT2D eigenvalue weighted by Gasteiger charge is -2.05. The molecule has 0 aliphatic rings. The van der Waals surface area contributed by atoms with E-state index in [1.807, 2.05) is 25.1 Å². The average molecular weight is 230 g/mol. The Balaban J connectivity index is 2.53. The zero-order valence-electron chi connectivity index (χ0n) is 9.60. The summed E-state index contributed by atoms with van der Waals surface area (Å²) in [6.07, 6.45) is 1.52. The van der Waals surface area contributed by atoms with Crippen molar-refractivity contribution in [1.82, 2.24) is 9.97 Å². The van der Waals surface area contributed by atoms with Crippen LogP contribution in [0.15, 0.2) is 35.1 Å². The standard InChI is InChI=1S/C13H14N2O2/c1-2-6-10-14-12(16)11(13(17)15-10)9-7-4-3-5-8-9/h3-5,7-8H,2,6H2,1H3,(H2,14,15,16,17). The molecule has 0 amide bonds. The second-order valence-corrected chi connectivity index (χ2v) is 3.83. The number of hydrogen-bond donors (Lipinski definition) is 2. The number of benzene rings is 1. The second kappa shape index (κ2) is 4.82. The number of aromatic hydroxyl groups is 1. The highest BCUT2D eigenvalue weighted by molar-refractivity contribution is 5.66. The Bertz CT molecular complexity index is 561. The Morgan fingerprint density at radius 2 is 2.00 bits per heavy atom. The summed E-state index contributed by atoms with van der Waals surface area (Å²) in [5.74, 6) is 0.318. The molecule has 0 unspecified atom stereocenters. The Morgan fingerprint density at radius 3 is 2.59 bits per heavy atom. The molecule has 88 valence electrons. The lowest BCUT2D eigenvalue weighted by Crippen LogP contribution is -2.13. The third-order valence-corrected chi connectivity index (χ3v) is 2.50. The minimum atomic E-state index is -0.299. The van der Waals surface area contributed by atoms with E-state index in [0.29, 0.717) is 17.8 Å². The van der Waals surface area contributed by atoms with Crippen molar-refractivity contribution in [2.24, 2.45) is 0 Å². The van der Waals surface area contributed by atoms with Crippen LogP contribution in [0.3, 0.4) is 0 Å². The Labute approximate surface area is 99.0 Å². The molecule has 0 saturated heterocycles. The zero-order chi connectivity index (χ0) is 12.3. The van der Waals surface area contributed by atoms with Crippen LogP contribution < -0.4 is 5.56 Å². The summed E-state index contributed by atoms with van der Waals surface area (Å²) >= 11 is 0. The SMILES string of the molecule is CCCc1nc(O)c(-c2ccccc2)c(=O)[nH]1. The van der Waals surface area contributed by atoms with Crippen LogP contribution in [0.5, 0.6) is 5.88 Å². The molecule has 0 radical (unpaired) electrons. The van der Waals surface area contributed by atoms with Crippen LogP contribution in [-0.2, 0) is 6.42 Å². The molecule has 0 aliphatic heterocycles. The van der Waals surface area contributed by atoms with Crippen molar-refractivity contribution in [2.75, 3.05) is 0 Å². The molecule has 2 N–H and O–H groups in total. The van der Waals surface area contributed by atoms with Crippen LogP contribution in [0.25, 0.3) is 11.1 Å². The van der Waals surface area contributed by atoms with E-state index < -0.39 is 0 Å². The Hall–Kier alpha value is -2.10. The molecule has 4 nitrogen and oxygen atoms in total. The number of nitrogens with zero attached hydrogens (tertiary/aromatic N) is 1. The molecule has 2 rings (SSSR count). The summed E-state index contributed by atoms with van der Waals surface area (Å²) in [6.45, 7) is 1.99. The normalized spacial score (nSPS) is 10.4. The highest BCUT2D eigenvalue weighted by Crippen LogP contribution is 2.22. The Kier molecular flexibility index (Phi) is 3.23. The lowest BCUT2D eigenvalue weighted by atomic mass is 10.1. The average Bonchev–Trinajstić information content (AvgIpc) is 2.30. The number of aromatic nitrogens is 2. The molecule has 0 atom stereocenters. The van der Waals surface area contributed by atoms with Crippen molar-refractivity contribution >= 4 is 0 Å². The van der Waals surface area contributed by atoms with E-state index >= 15 is 0 Å². The third kappa shape index (κ3) is 2.36. The molecule has 0 saturated carbocycles. The fourth-order valence-corrected chi connectivity index (χ4v) is 1.73. The van der Waals surface area contributed by atoms with Gasteiger partial charge in [0.1, 0.15) is 11.4 Å². The van der Waals surface area contributed by atoms with Crippen LogP contribution in [0.1, 0.15) is 19.2 Å². The maximum atomic E-state index is 11.9. The van der Waals surface area contributed by atoms with Crippen molar-refractivity contribution < 1.29 is 5.11 Å². The van der Waals surface area contributed by atoms with Gasteiger partial charge in [-0.15, -0.1) is 0 Å². The molecule has 0 aliphatic carbocycles. The molecule has 4 heteroatoms. The second-order valence-electron chi connectivity index (χ2n) is 3.83. The fraction of sp³-hybridized carbons (Fsp3) is 0.231. The summed E-state index contributed by atoms with van der Waals surface area (Å²) in [4.78, 5) is 18.6. The lowest BCUT2D eigenvalue weighted by molar-refractivity contribution is 0.449. The number of nitrogens with one attached hydrogen (secondary N) is 1. The van der Waals surface area contributed by atoms with Gasteiger partial charge < -0.3 is 10.1 Å². The monoisotopic (exact) mass is 230 g/mol. The summed E-state index contributed by atoms with van der Waals surface area (Å²) in [5, 5.41) is 9.82. The first-order valence-electron chi connectivity index (χ1n) is 5.60. The first kappa shape index (κ1) is 11.4. The fourth-order valence-electron chi connectivity index (χ4n) is 1.73. The van der Waals surface area contributed by atoms with E-state index in [9.17, 15) is 9.90 Å². The van der Waals surface area contributed by atoms with Crippen LogP contribution in [0.2, 0.25) is 0 Å². The molecule has 0 fully saturated rings. The number of hydrogen-bond acceptors (Lipinski definition) is 3. The van der Waals surface area contributed by atoms with Crippen LogP contribution in [0, 0.1) is 0 Å². The van der Waals surface area contributed by atoms with Gasteiger partial charge >= 0.3 is 0 Å². The van der Waals surface area contributed by atoms with Gasteiger partial charge in [-0.05, 0) is 12.0 Å². The predicted octanol–water partition coefficient (Wildman–Crippen LogP) is 2.09. The first-order chi connectivity index (χ1) is 8.22. The van der Waals surface area contributed by atoms with Gasteiger partial charge in [-0.25, -0.2) is 0 Å². The maximum Gasteiger partial charge on any atom is 0.262 e. The molecule has 0 bridgehead atoms. The minimum absolute atomic E-state index is 0.205. The van der Waals surface area contributed by atoms with Gasteiger partial charge in [0.2, 0.25) is 5.88 Å². The van der Waals surface area contributed by atoms with E-state index in [1.54, 1.807) is 12.1 Å². The maximum absolute atomic E-state index is 11.9. The van der Waals surface area contributed by atoms with Gasteiger partial charge in [0.15, 0.2) is 0 Å². The number of aryl methyl sites for hydroxylation is 1. The molecule has 2 aromatic rings. The molecular formula is C13H14N2O2. The molecule has 17 heavy (non-hydrogen) atoms. The van der Waals surface area contributed by atoms with Gasteiger partial charge in [0, 0.05) is 6.42 Å². The van der Waals surface area contributed by atoms with E-state index in [2.05, 4.69) is 9.97 Å². The van der Waals surface area contributed by atoms with Crippen molar-refractivity contribution in [1.29, 1.82) is 0 Å². The van der Waals surface area contributed by atoms with Gasteiger partial charge in [-0.2, -0.15) is 4.98 Å². The molecular weight excluding hydrogens is 216 g/mol. The van der Waals surface area contributed by atoms with Crippen LogP contribution in [-0.4, -0.2) is 15.1 Å². The summed E-state index contributed by atoms with van der Waals surface area (Å²) < 4.78 is 0. The number of rotatable bonds is 3. The smallest absolute Gasteiger partial charge is 0.262 e.